The average Bonchev–Trinajstić information content (AvgIpc) is 2.84. The average molecular weight is 246 g/mol. The van der Waals surface area contributed by atoms with Crippen LogP contribution in [0.1, 0.15) is 23.0 Å². The number of rotatable bonds is 5. The summed E-state index contributed by atoms with van der Waals surface area (Å²) in [5.74, 6) is -0.226. The van der Waals surface area contributed by atoms with Crippen LogP contribution in [0.25, 0.3) is 0 Å². The summed E-state index contributed by atoms with van der Waals surface area (Å²) in [7, 11) is 0. The van der Waals surface area contributed by atoms with Crippen LogP contribution in [0.15, 0.2) is 30.7 Å². The van der Waals surface area contributed by atoms with E-state index >= 15 is 0 Å². The number of hydrogen-bond acceptors (Lipinski definition) is 4. The fraction of sp³-hybridized carbons (Fsp3) is 0.250. The molecule has 2 N–H and O–H groups in total. The van der Waals surface area contributed by atoms with E-state index in [1.54, 1.807) is 18.5 Å². The van der Waals surface area contributed by atoms with Crippen LogP contribution in [0.2, 0.25) is 0 Å². The first-order valence-corrected chi connectivity index (χ1v) is 5.64. The summed E-state index contributed by atoms with van der Waals surface area (Å²) in [6.07, 6.45) is 5.18. The van der Waals surface area contributed by atoms with Crippen LogP contribution in [0.3, 0.4) is 0 Å². The summed E-state index contributed by atoms with van der Waals surface area (Å²) >= 11 is 0. The molecular weight excluding hydrogens is 232 g/mol. The number of carboxylic acids is 1. The lowest BCUT2D eigenvalue weighted by Crippen LogP contribution is -2.07. The number of imidazole rings is 1. The van der Waals surface area contributed by atoms with Gasteiger partial charge in [0, 0.05) is 31.7 Å². The highest BCUT2D eigenvalue weighted by atomic mass is 16.4. The Labute approximate surface area is 104 Å². The zero-order chi connectivity index (χ0) is 13.0. The molecule has 0 amide bonds. The van der Waals surface area contributed by atoms with Gasteiger partial charge >= 0.3 is 5.97 Å². The van der Waals surface area contributed by atoms with E-state index in [9.17, 15) is 4.79 Å². The zero-order valence-corrected chi connectivity index (χ0v) is 10.00. The minimum atomic E-state index is -1.02. The minimum absolute atomic E-state index is 0.0498. The molecule has 6 nitrogen and oxygen atoms in total. The predicted molar refractivity (Wildman–Crippen MR) is 66.4 cm³/mol. The SMILES string of the molecule is CCn1ccnc1NCc1ccc(C(=O)O)nc1. The topological polar surface area (TPSA) is 80.0 Å². The number of aryl methyl sites for hydroxylation is 1. The second-order valence-electron chi connectivity index (χ2n) is 3.75. The van der Waals surface area contributed by atoms with Crippen molar-refractivity contribution in [2.24, 2.45) is 0 Å². The molecule has 2 aromatic heterocycles. The summed E-state index contributed by atoms with van der Waals surface area (Å²) in [5, 5.41) is 11.9. The van der Waals surface area contributed by atoms with Gasteiger partial charge in [-0.15, -0.1) is 0 Å². The van der Waals surface area contributed by atoms with Gasteiger partial charge in [0.1, 0.15) is 5.69 Å². The van der Waals surface area contributed by atoms with Crippen molar-refractivity contribution in [2.45, 2.75) is 20.0 Å². The maximum Gasteiger partial charge on any atom is 0.354 e. The first kappa shape index (κ1) is 12.1. The third-order valence-corrected chi connectivity index (χ3v) is 2.55. The number of aromatic carboxylic acids is 1. The van der Waals surface area contributed by atoms with Gasteiger partial charge in [0.25, 0.3) is 0 Å². The molecule has 0 radical (unpaired) electrons. The van der Waals surface area contributed by atoms with Crippen molar-refractivity contribution in [3.05, 3.63) is 42.0 Å². The Bertz CT molecular complexity index is 533. The first-order valence-electron chi connectivity index (χ1n) is 5.64. The molecule has 2 rings (SSSR count). The Balaban J connectivity index is 2.00. The van der Waals surface area contributed by atoms with E-state index in [4.69, 9.17) is 5.11 Å². The maximum atomic E-state index is 10.6. The summed E-state index contributed by atoms with van der Waals surface area (Å²) in [5.41, 5.74) is 0.958. The molecule has 0 unspecified atom stereocenters. The Kier molecular flexibility index (Phi) is 3.57. The highest BCUT2D eigenvalue weighted by molar-refractivity contribution is 5.85. The molecule has 0 aliphatic rings. The molecular formula is C12H14N4O2. The number of carbonyl (C=O) groups is 1. The molecule has 0 aliphatic heterocycles. The molecule has 0 spiro atoms. The lowest BCUT2D eigenvalue weighted by molar-refractivity contribution is 0.0690. The quantitative estimate of drug-likeness (QED) is 0.837. The van der Waals surface area contributed by atoms with E-state index < -0.39 is 5.97 Å². The molecule has 2 heterocycles. The Morgan fingerprint density at radius 2 is 2.28 bits per heavy atom. The van der Waals surface area contributed by atoms with Crippen molar-refractivity contribution in [1.29, 1.82) is 0 Å². The van der Waals surface area contributed by atoms with Gasteiger partial charge in [-0.1, -0.05) is 6.07 Å². The number of carboxylic acid groups (broad SMARTS) is 1. The largest absolute Gasteiger partial charge is 0.477 e. The fourth-order valence-corrected chi connectivity index (χ4v) is 1.57. The van der Waals surface area contributed by atoms with E-state index in [1.165, 1.54) is 6.07 Å². The third-order valence-electron chi connectivity index (χ3n) is 2.55. The Morgan fingerprint density at radius 1 is 1.44 bits per heavy atom. The zero-order valence-electron chi connectivity index (χ0n) is 10.00. The Hall–Kier alpha value is -2.37. The highest BCUT2D eigenvalue weighted by Gasteiger charge is 2.04. The molecule has 0 saturated heterocycles. The van der Waals surface area contributed by atoms with Crippen molar-refractivity contribution >= 4 is 11.9 Å². The molecule has 94 valence electrons. The van der Waals surface area contributed by atoms with Gasteiger partial charge in [0.15, 0.2) is 0 Å². The van der Waals surface area contributed by atoms with Crippen LogP contribution in [0.5, 0.6) is 0 Å². The number of nitrogens with zero attached hydrogens (tertiary/aromatic N) is 3. The molecule has 0 atom stereocenters. The molecule has 0 saturated carbocycles. The lowest BCUT2D eigenvalue weighted by Gasteiger charge is -2.07. The van der Waals surface area contributed by atoms with Crippen molar-refractivity contribution in [3.8, 4) is 0 Å². The third kappa shape index (κ3) is 2.65. The van der Waals surface area contributed by atoms with E-state index in [2.05, 4.69) is 15.3 Å². The first-order chi connectivity index (χ1) is 8.70. The van der Waals surface area contributed by atoms with Crippen LogP contribution >= 0.6 is 0 Å². The van der Waals surface area contributed by atoms with E-state index in [0.717, 1.165) is 18.1 Å². The molecule has 0 aliphatic carbocycles. The second-order valence-corrected chi connectivity index (χ2v) is 3.75. The van der Waals surface area contributed by atoms with Crippen LogP contribution in [-0.2, 0) is 13.1 Å². The molecule has 2 aromatic rings. The van der Waals surface area contributed by atoms with Crippen LogP contribution in [0, 0.1) is 0 Å². The second kappa shape index (κ2) is 5.31. The van der Waals surface area contributed by atoms with Crippen LogP contribution in [-0.4, -0.2) is 25.6 Å². The molecule has 0 aromatic carbocycles. The monoisotopic (exact) mass is 246 g/mol. The van der Waals surface area contributed by atoms with E-state index in [1.807, 2.05) is 17.7 Å². The predicted octanol–water partition coefficient (Wildman–Crippen LogP) is 1.61. The van der Waals surface area contributed by atoms with Crippen LogP contribution in [0.4, 0.5) is 5.95 Å². The number of anilines is 1. The van der Waals surface area contributed by atoms with Gasteiger partial charge in [-0.3, -0.25) is 0 Å². The number of aromatic nitrogens is 3. The van der Waals surface area contributed by atoms with Gasteiger partial charge in [-0.05, 0) is 18.6 Å². The number of hydrogen-bond donors (Lipinski definition) is 2. The normalized spacial score (nSPS) is 10.3. The van der Waals surface area contributed by atoms with Crippen molar-refractivity contribution < 1.29 is 9.90 Å². The van der Waals surface area contributed by atoms with Gasteiger partial charge < -0.3 is 15.0 Å². The summed E-state index contributed by atoms with van der Waals surface area (Å²) in [6.45, 7) is 3.44. The van der Waals surface area contributed by atoms with E-state index in [-0.39, 0.29) is 5.69 Å². The maximum absolute atomic E-state index is 10.6. The highest BCUT2D eigenvalue weighted by Crippen LogP contribution is 2.07. The summed E-state index contributed by atoms with van der Waals surface area (Å²) in [4.78, 5) is 18.7. The summed E-state index contributed by atoms with van der Waals surface area (Å²) in [6, 6.07) is 3.23. The minimum Gasteiger partial charge on any atom is -0.477 e. The van der Waals surface area contributed by atoms with Crippen molar-refractivity contribution in [1.82, 2.24) is 14.5 Å². The number of pyridine rings is 1. The van der Waals surface area contributed by atoms with Gasteiger partial charge in [-0.2, -0.15) is 0 Å². The summed E-state index contributed by atoms with van der Waals surface area (Å²) < 4.78 is 1.99. The van der Waals surface area contributed by atoms with Gasteiger partial charge in [0.05, 0.1) is 0 Å². The molecule has 18 heavy (non-hydrogen) atoms. The molecule has 0 fully saturated rings. The standard InChI is InChI=1S/C12H14N4O2/c1-2-16-6-5-13-12(16)15-8-9-3-4-10(11(17)18)14-7-9/h3-7H,2,8H2,1H3,(H,13,15)(H,17,18). The fourth-order valence-electron chi connectivity index (χ4n) is 1.57. The van der Waals surface area contributed by atoms with Gasteiger partial charge in [0.2, 0.25) is 5.95 Å². The lowest BCUT2D eigenvalue weighted by atomic mass is 10.2. The molecule has 6 heteroatoms. The van der Waals surface area contributed by atoms with Gasteiger partial charge in [-0.25, -0.2) is 14.8 Å². The van der Waals surface area contributed by atoms with Crippen molar-refractivity contribution in [2.75, 3.05) is 5.32 Å². The van der Waals surface area contributed by atoms with Crippen LogP contribution < -0.4 is 5.32 Å². The molecule has 0 bridgehead atoms. The van der Waals surface area contributed by atoms with Crippen molar-refractivity contribution in [3.63, 3.8) is 0 Å². The van der Waals surface area contributed by atoms with E-state index in [0.29, 0.717) is 6.54 Å². The Morgan fingerprint density at radius 3 is 2.89 bits per heavy atom. The smallest absolute Gasteiger partial charge is 0.354 e. The number of nitrogens with one attached hydrogen (secondary N) is 1.